The van der Waals surface area contributed by atoms with Crippen molar-refractivity contribution in [3.05, 3.63) is 11.6 Å². The standard InChI is InChI=1S/C14H24O/c1-10-8-12-9-13(3,4)6-7-14(12,5)15-11(10)2/h8,10-11H,6-7,9H2,1-5H3. The summed E-state index contributed by atoms with van der Waals surface area (Å²) in [5, 5.41) is 0. The van der Waals surface area contributed by atoms with Crippen LogP contribution in [0.4, 0.5) is 0 Å². The lowest BCUT2D eigenvalue weighted by Gasteiger charge is -2.48. The zero-order valence-corrected chi connectivity index (χ0v) is 10.8. The van der Waals surface area contributed by atoms with E-state index in [1.807, 2.05) is 0 Å². The lowest BCUT2D eigenvalue weighted by atomic mass is 9.67. The van der Waals surface area contributed by atoms with Crippen molar-refractivity contribution in [1.29, 1.82) is 0 Å². The molecule has 0 amide bonds. The van der Waals surface area contributed by atoms with E-state index in [1.165, 1.54) is 19.3 Å². The van der Waals surface area contributed by atoms with Crippen molar-refractivity contribution in [2.24, 2.45) is 11.3 Å². The summed E-state index contributed by atoms with van der Waals surface area (Å²) in [6.45, 7) is 11.5. The first-order valence-electron chi connectivity index (χ1n) is 6.21. The zero-order valence-electron chi connectivity index (χ0n) is 10.8. The summed E-state index contributed by atoms with van der Waals surface area (Å²) in [7, 11) is 0. The van der Waals surface area contributed by atoms with Crippen molar-refractivity contribution in [3.63, 3.8) is 0 Å². The fourth-order valence-electron chi connectivity index (χ4n) is 2.87. The SMILES string of the molecule is CC1C=C2CC(C)(C)CCC2(C)OC1C. The van der Waals surface area contributed by atoms with Crippen molar-refractivity contribution in [3.8, 4) is 0 Å². The predicted molar refractivity (Wildman–Crippen MR) is 63.8 cm³/mol. The van der Waals surface area contributed by atoms with Gasteiger partial charge in [-0.25, -0.2) is 0 Å². The molecule has 86 valence electrons. The third kappa shape index (κ3) is 1.99. The fraction of sp³-hybridized carbons (Fsp3) is 0.857. The maximum Gasteiger partial charge on any atom is 0.0867 e. The first-order valence-corrected chi connectivity index (χ1v) is 6.21. The Hall–Kier alpha value is -0.300. The smallest absolute Gasteiger partial charge is 0.0867 e. The van der Waals surface area contributed by atoms with E-state index >= 15 is 0 Å². The Balaban J connectivity index is 2.28. The van der Waals surface area contributed by atoms with Gasteiger partial charge in [0, 0.05) is 5.92 Å². The molecular formula is C14H24O. The molecule has 0 radical (unpaired) electrons. The molecule has 0 aromatic rings. The highest BCUT2D eigenvalue weighted by Gasteiger charge is 2.43. The number of rotatable bonds is 0. The monoisotopic (exact) mass is 208 g/mol. The van der Waals surface area contributed by atoms with Gasteiger partial charge in [-0.3, -0.25) is 0 Å². The Morgan fingerprint density at radius 3 is 2.53 bits per heavy atom. The van der Waals surface area contributed by atoms with Crippen LogP contribution in [0.15, 0.2) is 11.6 Å². The van der Waals surface area contributed by atoms with E-state index in [-0.39, 0.29) is 5.60 Å². The second-order valence-corrected chi connectivity index (χ2v) is 6.45. The Morgan fingerprint density at radius 1 is 1.20 bits per heavy atom. The highest BCUT2D eigenvalue weighted by Crippen LogP contribution is 2.48. The fourth-order valence-corrected chi connectivity index (χ4v) is 2.87. The lowest BCUT2D eigenvalue weighted by Crippen LogP contribution is -2.45. The van der Waals surface area contributed by atoms with Crippen LogP contribution in [0.3, 0.4) is 0 Å². The second-order valence-electron chi connectivity index (χ2n) is 6.45. The predicted octanol–water partition coefficient (Wildman–Crippen LogP) is 3.94. The topological polar surface area (TPSA) is 9.23 Å². The van der Waals surface area contributed by atoms with Gasteiger partial charge in [0.25, 0.3) is 0 Å². The Morgan fingerprint density at radius 2 is 1.87 bits per heavy atom. The van der Waals surface area contributed by atoms with Crippen LogP contribution in [0.5, 0.6) is 0 Å². The molecule has 0 aromatic carbocycles. The van der Waals surface area contributed by atoms with Crippen LogP contribution in [-0.4, -0.2) is 11.7 Å². The minimum Gasteiger partial charge on any atom is -0.367 e. The zero-order chi connectivity index (χ0) is 11.3. The molecule has 1 aliphatic carbocycles. The van der Waals surface area contributed by atoms with Crippen molar-refractivity contribution < 1.29 is 4.74 Å². The molecular weight excluding hydrogens is 184 g/mol. The second kappa shape index (κ2) is 3.35. The molecule has 1 nitrogen and oxygen atoms in total. The summed E-state index contributed by atoms with van der Waals surface area (Å²) < 4.78 is 6.22. The van der Waals surface area contributed by atoms with Crippen LogP contribution < -0.4 is 0 Å². The lowest BCUT2D eigenvalue weighted by molar-refractivity contribution is -0.0998. The van der Waals surface area contributed by atoms with Crippen LogP contribution in [-0.2, 0) is 4.74 Å². The van der Waals surface area contributed by atoms with E-state index in [0.29, 0.717) is 17.4 Å². The van der Waals surface area contributed by atoms with Crippen molar-refractivity contribution in [2.75, 3.05) is 0 Å². The number of hydrogen-bond donors (Lipinski definition) is 0. The third-order valence-electron chi connectivity index (χ3n) is 4.28. The normalized spacial score (nSPS) is 44.5. The Labute approximate surface area is 93.9 Å². The van der Waals surface area contributed by atoms with E-state index in [1.54, 1.807) is 5.57 Å². The number of fused-ring (bicyclic) bond motifs is 1. The van der Waals surface area contributed by atoms with E-state index < -0.39 is 0 Å². The molecule has 3 unspecified atom stereocenters. The maximum absolute atomic E-state index is 6.22. The van der Waals surface area contributed by atoms with Crippen LogP contribution >= 0.6 is 0 Å². The molecule has 1 heterocycles. The molecule has 1 aliphatic heterocycles. The first-order chi connectivity index (χ1) is 6.82. The van der Waals surface area contributed by atoms with E-state index in [2.05, 4.69) is 40.7 Å². The minimum atomic E-state index is 0.0431. The molecule has 0 N–H and O–H groups in total. The number of ether oxygens (including phenoxy) is 1. The first kappa shape index (κ1) is 11.2. The molecule has 2 rings (SSSR count). The summed E-state index contributed by atoms with van der Waals surface area (Å²) in [4.78, 5) is 0. The van der Waals surface area contributed by atoms with Gasteiger partial charge < -0.3 is 4.74 Å². The van der Waals surface area contributed by atoms with Gasteiger partial charge in [0.1, 0.15) is 0 Å². The quantitative estimate of drug-likeness (QED) is 0.548. The molecule has 15 heavy (non-hydrogen) atoms. The molecule has 0 saturated heterocycles. The molecule has 1 fully saturated rings. The van der Waals surface area contributed by atoms with Crippen molar-refractivity contribution in [1.82, 2.24) is 0 Å². The van der Waals surface area contributed by atoms with Crippen LogP contribution in [0.2, 0.25) is 0 Å². The average Bonchev–Trinajstić information content (AvgIpc) is 2.10. The average molecular weight is 208 g/mol. The molecule has 3 atom stereocenters. The van der Waals surface area contributed by atoms with E-state index in [9.17, 15) is 0 Å². The van der Waals surface area contributed by atoms with Crippen LogP contribution in [0, 0.1) is 11.3 Å². The largest absolute Gasteiger partial charge is 0.367 e. The Bertz CT molecular complexity index is 290. The van der Waals surface area contributed by atoms with Crippen LogP contribution in [0.25, 0.3) is 0 Å². The molecule has 0 spiro atoms. The van der Waals surface area contributed by atoms with Gasteiger partial charge in [-0.05, 0) is 44.1 Å². The maximum atomic E-state index is 6.22. The highest BCUT2D eigenvalue weighted by molar-refractivity contribution is 5.24. The van der Waals surface area contributed by atoms with Gasteiger partial charge in [0.05, 0.1) is 11.7 Å². The van der Waals surface area contributed by atoms with Crippen LogP contribution in [0.1, 0.15) is 53.9 Å². The molecule has 0 bridgehead atoms. The van der Waals surface area contributed by atoms with Gasteiger partial charge >= 0.3 is 0 Å². The van der Waals surface area contributed by atoms with Crippen molar-refractivity contribution in [2.45, 2.75) is 65.6 Å². The van der Waals surface area contributed by atoms with E-state index in [0.717, 1.165) is 0 Å². The molecule has 1 saturated carbocycles. The molecule has 2 aliphatic rings. The summed E-state index contributed by atoms with van der Waals surface area (Å²) in [6.07, 6.45) is 6.51. The Kier molecular flexibility index (Phi) is 2.50. The van der Waals surface area contributed by atoms with Gasteiger partial charge in [0.15, 0.2) is 0 Å². The van der Waals surface area contributed by atoms with Gasteiger partial charge in [-0.1, -0.05) is 26.8 Å². The third-order valence-corrected chi connectivity index (χ3v) is 4.28. The van der Waals surface area contributed by atoms with Crippen molar-refractivity contribution >= 4 is 0 Å². The highest BCUT2D eigenvalue weighted by atomic mass is 16.5. The van der Waals surface area contributed by atoms with Gasteiger partial charge in [-0.15, -0.1) is 0 Å². The number of hydrogen-bond acceptors (Lipinski definition) is 1. The summed E-state index contributed by atoms with van der Waals surface area (Å²) in [5.74, 6) is 0.571. The van der Waals surface area contributed by atoms with Gasteiger partial charge in [0.2, 0.25) is 0 Å². The summed E-state index contributed by atoms with van der Waals surface area (Å²) in [5.41, 5.74) is 2.06. The summed E-state index contributed by atoms with van der Waals surface area (Å²) >= 11 is 0. The molecule has 1 heteroatoms. The van der Waals surface area contributed by atoms with E-state index in [4.69, 9.17) is 4.74 Å². The molecule has 0 aromatic heterocycles. The van der Waals surface area contributed by atoms with Gasteiger partial charge in [-0.2, -0.15) is 0 Å². The summed E-state index contributed by atoms with van der Waals surface area (Å²) in [6, 6.07) is 0. The minimum absolute atomic E-state index is 0.0431.